The number of carbonyl (C=O) groups is 2. The predicted molar refractivity (Wildman–Crippen MR) is 167 cm³/mol. The second-order valence-corrected chi connectivity index (χ2v) is 15.3. The number of hydrogen-bond donors (Lipinski definition) is 3. The third kappa shape index (κ3) is 7.40. The second-order valence-electron chi connectivity index (χ2n) is 15.3. The van der Waals surface area contributed by atoms with Crippen LogP contribution in [0, 0.1) is 46.3 Å². The molecule has 234 valence electrons. The molecule has 0 aromatic carbocycles. The Kier molecular flexibility index (Phi) is 11.0. The van der Waals surface area contributed by atoms with Gasteiger partial charge in [-0.05, 0) is 117 Å². The summed E-state index contributed by atoms with van der Waals surface area (Å²) in [4.78, 5) is 23.4. The fraction of sp³-hybridized carbons (Fsp3) is 0.886. The summed E-state index contributed by atoms with van der Waals surface area (Å²) in [5.74, 6) is 4.59. The molecule has 4 aliphatic carbocycles. The van der Waals surface area contributed by atoms with Crippen LogP contribution in [0.3, 0.4) is 0 Å². The van der Waals surface area contributed by atoms with Gasteiger partial charge in [0, 0.05) is 6.54 Å². The summed E-state index contributed by atoms with van der Waals surface area (Å²) in [7, 11) is 0. The molecule has 4 aliphatic rings. The molecule has 6 heteroatoms. The Morgan fingerprint density at radius 2 is 1.78 bits per heavy atom. The minimum absolute atomic E-state index is 0.0592. The highest BCUT2D eigenvalue weighted by Gasteiger charge is 2.59. The normalized spacial score (nSPS) is 36.1. The van der Waals surface area contributed by atoms with Crippen LogP contribution in [0.5, 0.6) is 0 Å². The van der Waals surface area contributed by atoms with E-state index in [1.54, 1.807) is 5.57 Å². The van der Waals surface area contributed by atoms with Crippen molar-refractivity contribution >= 4 is 11.8 Å². The van der Waals surface area contributed by atoms with Crippen molar-refractivity contribution < 1.29 is 14.3 Å². The molecule has 9 atom stereocenters. The number of ether oxygens (including phenoxy) is 1. The van der Waals surface area contributed by atoms with Gasteiger partial charge in [0.2, 0.25) is 11.8 Å². The number of fused-ring (bicyclic) bond motifs is 5. The van der Waals surface area contributed by atoms with Crippen molar-refractivity contribution in [2.45, 2.75) is 137 Å². The highest BCUT2D eigenvalue weighted by Crippen LogP contribution is 2.67. The molecule has 0 radical (unpaired) electrons. The minimum atomic E-state index is -0.600. The van der Waals surface area contributed by atoms with Crippen LogP contribution in [0.1, 0.15) is 125 Å². The summed E-state index contributed by atoms with van der Waals surface area (Å²) in [5.41, 5.74) is 13.3. The first-order chi connectivity index (χ1) is 19.5. The molecule has 3 saturated carbocycles. The topological polar surface area (TPSA) is 107 Å². The van der Waals surface area contributed by atoms with Crippen LogP contribution >= 0.6 is 0 Å². The Balaban J connectivity index is 1.25. The van der Waals surface area contributed by atoms with Gasteiger partial charge in [-0.3, -0.25) is 9.59 Å². The zero-order valence-corrected chi connectivity index (χ0v) is 26.9. The zero-order chi connectivity index (χ0) is 29.8. The third-order valence-electron chi connectivity index (χ3n) is 12.3. The largest absolute Gasteiger partial charge is 0.368 e. The average Bonchev–Trinajstić information content (AvgIpc) is 3.28. The molecule has 6 nitrogen and oxygen atoms in total. The Morgan fingerprint density at radius 1 is 1.00 bits per heavy atom. The van der Waals surface area contributed by atoms with Crippen LogP contribution in [-0.2, 0) is 14.3 Å². The molecule has 4 rings (SSSR count). The molecule has 5 N–H and O–H groups in total. The summed E-state index contributed by atoms with van der Waals surface area (Å²) < 4.78 is 6.14. The number of primary amides is 1. The molecule has 0 aliphatic heterocycles. The molecular formula is C35H61N3O3. The Labute approximate surface area is 250 Å². The lowest BCUT2D eigenvalue weighted by Crippen LogP contribution is -2.51. The standard InChI is InChI=1S/C35H61N3O3/c1-23(2)9-8-10-24(3)28-14-15-29-27-13-12-25-21-26(16-18-34(25,4)30(27)17-19-35(28,29)5)41-22-32(39)38-20-7-6-11-31(36)33(37)40/h12,23-24,26-31H,6-11,13-22,36H2,1-5H3,(H2,37,40)(H,38,39)/t24-,26?,27?,28-,29?,30?,31+,34+,35-/m1/s1. The first-order valence-corrected chi connectivity index (χ1v) is 17.1. The van der Waals surface area contributed by atoms with Crippen LogP contribution in [-0.4, -0.2) is 37.1 Å². The van der Waals surface area contributed by atoms with Crippen molar-refractivity contribution in [3.8, 4) is 0 Å². The van der Waals surface area contributed by atoms with Gasteiger partial charge in [0.05, 0.1) is 12.1 Å². The lowest BCUT2D eigenvalue weighted by molar-refractivity contribution is -0.129. The maximum absolute atomic E-state index is 12.4. The number of nitrogens with two attached hydrogens (primary N) is 2. The summed E-state index contributed by atoms with van der Waals surface area (Å²) in [6, 6.07) is -0.600. The van der Waals surface area contributed by atoms with Gasteiger partial charge < -0.3 is 21.5 Å². The van der Waals surface area contributed by atoms with Crippen molar-refractivity contribution in [2.75, 3.05) is 13.2 Å². The highest BCUT2D eigenvalue weighted by atomic mass is 16.5. The number of hydrogen-bond acceptors (Lipinski definition) is 4. The quantitative estimate of drug-likeness (QED) is 0.163. The third-order valence-corrected chi connectivity index (χ3v) is 12.3. The van der Waals surface area contributed by atoms with E-state index in [1.165, 1.54) is 57.8 Å². The number of rotatable bonds is 14. The number of amides is 2. The summed E-state index contributed by atoms with van der Waals surface area (Å²) in [6.45, 7) is 13.2. The first kappa shape index (κ1) is 32.5. The molecule has 0 heterocycles. The lowest BCUT2D eigenvalue weighted by atomic mass is 9.47. The molecule has 41 heavy (non-hydrogen) atoms. The monoisotopic (exact) mass is 571 g/mol. The second kappa shape index (κ2) is 13.9. The van der Waals surface area contributed by atoms with E-state index in [9.17, 15) is 9.59 Å². The molecule has 3 fully saturated rings. The van der Waals surface area contributed by atoms with E-state index in [4.69, 9.17) is 16.2 Å². The van der Waals surface area contributed by atoms with E-state index in [2.05, 4.69) is 46.0 Å². The van der Waals surface area contributed by atoms with E-state index in [1.807, 2.05) is 0 Å². The first-order valence-electron chi connectivity index (χ1n) is 17.1. The van der Waals surface area contributed by atoms with Gasteiger partial charge in [0.25, 0.3) is 0 Å². The summed E-state index contributed by atoms with van der Waals surface area (Å²) in [6.07, 6.45) is 19.2. The SMILES string of the molecule is CC(C)CCC[C@@H](C)[C@H]1CCC2C3CC=C4CC(OCC(=O)NCCCC[C@H](N)C(N)=O)CC[C@]4(C)C3CC[C@@]21C. The minimum Gasteiger partial charge on any atom is -0.368 e. The maximum atomic E-state index is 12.4. The number of allylic oxidation sites excluding steroid dienone is 1. The van der Waals surface area contributed by atoms with Crippen LogP contribution in [0.4, 0.5) is 0 Å². The van der Waals surface area contributed by atoms with Crippen LogP contribution < -0.4 is 16.8 Å². The van der Waals surface area contributed by atoms with Crippen LogP contribution in [0.2, 0.25) is 0 Å². The van der Waals surface area contributed by atoms with Gasteiger partial charge >= 0.3 is 0 Å². The molecule has 0 saturated heterocycles. The Bertz CT molecular complexity index is 934. The summed E-state index contributed by atoms with van der Waals surface area (Å²) in [5, 5.41) is 2.94. The Hall–Kier alpha value is -1.40. The molecule has 2 amide bonds. The smallest absolute Gasteiger partial charge is 0.246 e. The lowest BCUT2D eigenvalue weighted by Gasteiger charge is -2.58. The van der Waals surface area contributed by atoms with E-state index < -0.39 is 11.9 Å². The van der Waals surface area contributed by atoms with E-state index in [-0.39, 0.29) is 18.6 Å². The highest BCUT2D eigenvalue weighted by molar-refractivity contribution is 5.79. The fourth-order valence-electron chi connectivity index (χ4n) is 9.90. The summed E-state index contributed by atoms with van der Waals surface area (Å²) >= 11 is 0. The Morgan fingerprint density at radius 3 is 2.51 bits per heavy atom. The fourth-order valence-corrected chi connectivity index (χ4v) is 9.90. The zero-order valence-electron chi connectivity index (χ0n) is 26.9. The average molecular weight is 572 g/mol. The van der Waals surface area contributed by atoms with Crippen LogP contribution in [0.15, 0.2) is 11.6 Å². The molecule has 0 aromatic heterocycles. The van der Waals surface area contributed by atoms with Crippen molar-refractivity contribution in [3.63, 3.8) is 0 Å². The van der Waals surface area contributed by atoms with Crippen molar-refractivity contribution in [3.05, 3.63) is 11.6 Å². The van der Waals surface area contributed by atoms with Crippen molar-refractivity contribution in [1.82, 2.24) is 5.32 Å². The molecular weight excluding hydrogens is 510 g/mol. The van der Waals surface area contributed by atoms with Gasteiger partial charge in [-0.15, -0.1) is 0 Å². The molecule has 0 bridgehead atoms. The van der Waals surface area contributed by atoms with Gasteiger partial charge in [-0.2, -0.15) is 0 Å². The van der Waals surface area contributed by atoms with Gasteiger partial charge in [-0.1, -0.05) is 65.5 Å². The van der Waals surface area contributed by atoms with E-state index in [0.717, 1.165) is 61.2 Å². The number of carbonyl (C=O) groups excluding carboxylic acids is 2. The van der Waals surface area contributed by atoms with Crippen LogP contribution in [0.25, 0.3) is 0 Å². The van der Waals surface area contributed by atoms with Gasteiger partial charge in [-0.25, -0.2) is 0 Å². The van der Waals surface area contributed by atoms with E-state index >= 15 is 0 Å². The van der Waals surface area contributed by atoms with Gasteiger partial charge in [0.1, 0.15) is 6.61 Å². The van der Waals surface area contributed by atoms with Gasteiger partial charge in [0.15, 0.2) is 0 Å². The number of nitrogens with one attached hydrogen (secondary N) is 1. The van der Waals surface area contributed by atoms with E-state index in [0.29, 0.717) is 23.8 Å². The number of unbranched alkanes of at least 4 members (excludes halogenated alkanes) is 1. The van der Waals surface area contributed by atoms with Crippen molar-refractivity contribution in [2.24, 2.45) is 57.8 Å². The molecule has 0 aromatic rings. The molecule has 4 unspecified atom stereocenters. The maximum Gasteiger partial charge on any atom is 0.246 e. The van der Waals surface area contributed by atoms with Crippen molar-refractivity contribution in [1.29, 1.82) is 0 Å². The predicted octanol–water partition coefficient (Wildman–Crippen LogP) is 6.51. The molecule has 0 spiro atoms.